The summed E-state index contributed by atoms with van der Waals surface area (Å²) in [6, 6.07) is 7.45. The Bertz CT molecular complexity index is 425. The molecule has 0 fully saturated rings. The Labute approximate surface area is 78.0 Å². The normalized spacial score (nSPS) is 18.7. The van der Waals surface area contributed by atoms with Gasteiger partial charge in [0.25, 0.3) is 0 Å². The molecule has 0 aromatic heterocycles. The summed E-state index contributed by atoms with van der Waals surface area (Å²) in [5, 5.41) is 0. The second-order valence-electron chi connectivity index (χ2n) is 3.05. The van der Waals surface area contributed by atoms with Crippen molar-refractivity contribution in [3.63, 3.8) is 0 Å². The number of anilines is 1. The smallest absolute Gasteiger partial charge is 0.239 e. The number of hydrogen-bond donors (Lipinski definition) is 0. The van der Waals surface area contributed by atoms with E-state index in [-0.39, 0.29) is 5.75 Å². The zero-order valence-electron chi connectivity index (χ0n) is 7.40. The highest BCUT2D eigenvalue weighted by atomic mass is 32.2. The van der Waals surface area contributed by atoms with Crippen LogP contribution in [0.3, 0.4) is 0 Å². The van der Waals surface area contributed by atoms with Crippen LogP contribution in [0.15, 0.2) is 24.3 Å². The van der Waals surface area contributed by atoms with Crippen LogP contribution >= 0.6 is 0 Å². The van der Waals surface area contributed by atoms with Crippen LogP contribution in [-0.2, 0) is 15.8 Å². The standard InChI is InChI=1S/C9H11NO2S/c1-2-10-9-6-4-3-5-8(9)7-13(10,11)12/h3-6H,2,7H2,1H3. The third-order valence-corrected chi connectivity index (χ3v) is 4.02. The van der Waals surface area contributed by atoms with Gasteiger partial charge in [-0.2, -0.15) is 0 Å². The molecule has 0 radical (unpaired) electrons. The van der Waals surface area contributed by atoms with Crippen molar-refractivity contribution < 1.29 is 8.42 Å². The number of para-hydroxylation sites is 1. The summed E-state index contributed by atoms with van der Waals surface area (Å²) in [5.74, 6) is 0.150. The maximum atomic E-state index is 11.6. The Morgan fingerprint density at radius 1 is 1.38 bits per heavy atom. The molecule has 1 aliphatic rings. The molecule has 0 aliphatic carbocycles. The predicted octanol–water partition coefficient (Wildman–Crippen LogP) is 1.36. The molecule has 0 bridgehead atoms. The predicted molar refractivity (Wildman–Crippen MR) is 52.1 cm³/mol. The number of hydrogen-bond acceptors (Lipinski definition) is 2. The maximum Gasteiger partial charge on any atom is 0.239 e. The third-order valence-electron chi connectivity index (χ3n) is 2.22. The summed E-state index contributed by atoms with van der Waals surface area (Å²) in [6.07, 6.45) is 0. The lowest BCUT2D eigenvalue weighted by Crippen LogP contribution is -2.25. The first kappa shape index (κ1) is 8.56. The van der Waals surface area contributed by atoms with Crippen LogP contribution in [0, 0.1) is 0 Å². The zero-order chi connectivity index (χ0) is 9.47. The highest BCUT2D eigenvalue weighted by molar-refractivity contribution is 7.92. The van der Waals surface area contributed by atoms with E-state index in [2.05, 4.69) is 0 Å². The third kappa shape index (κ3) is 1.21. The Kier molecular flexibility index (Phi) is 1.80. The van der Waals surface area contributed by atoms with Gasteiger partial charge in [0, 0.05) is 6.54 Å². The SMILES string of the molecule is CCN1c2ccccc2CS1(=O)=O. The lowest BCUT2D eigenvalue weighted by molar-refractivity contribution is 0.594. The lowest BCUT2D eigenvalue weighted by Gasteiger charge is -2.14. The van der Waals surface area contributed by atoms with Crippen LogP contribution < -0.4 is 4.31 Å². The highest BCUT2D eigenvalue weighted by Gasteiger charge is 2.30. The van der Waals surface area contributed by atoms with Crippen molar-refractivity contribution in [3.05, 3.63) is 29.8 Å². The van der Waals surface area contributed by atoms with Crippen LogP contribution in [-0.4, -0.2) is 15.0 Å². The summed E-state index contributed by atoms with van der Waals surface area (Å²) in [6.45, 7) is 2.36. The number of rotatable bonds is 1. The largest absolute Gasteiger partial charge is 0.270 e. The molecule has 1 aromatic carbocycles. The van der Waals surface area contributed by atoms with E-state index >= 15 is 0 Å². The summed E-state index contributed by atoms with van der Waals surface area (Å²) in [7, 11) is -3.06. The first-order valence-corrected chi connectivity index (χ1v) is 5.84. The summed E-state index contributed by atoms with van der Waals surface area (Å²) in [5.41, 5.74) is 1.74. The Morgan fingerprint density at radius 3 is 2.77 bits per heavy atom. The van der Waals surface area contributed by atoms with Gasteiger partial charge < -0.3 is 0 Å². The monoisotopic (exact) mass is 197 g/mol. The van der Waals surface area contributed by atoms with Gasteiger partial charge >= 0.3 is 0 Å². The summed E-state index contributed by atoms with van der Waals surface area (Å²) >= 11 is 0. The molecular weight excluding hydrogens is 186 g/mol. The van der Waals surface area contributed by atoms with Gasteiger partial charge in [0.1, 0.15) is 0 Å². The topological polar surface area (TPSA) is 37.4 Å². The Morgan fingerprint density at radius 2 is 2.08 bits per heavy atom. The second-order valence-corrected chi connectivity index (χ2v) is 4.94. The molecule has 0 atom stereocenters. The molecule has 4 heteroatoms. The van der Waals surface area contributed by atoms with Crippen molar-refractivity contribution in [1.29, 1.82) is 0 Å². The fraction of sp³-hybridized carbons (Fsp3) is 0.333. The summed E-state index contributed by atoms with van der Waals surface area (Å²) in [4.78, 5) is 0. The van der Waals surface area contributed by atoms with Crippen molar-refractivity contribution in [2.45, 2.75) is 12.7 Å². The zero-order valence-corrected chi connectivity index (χ0v) is 8.21. The molecule has 0 spiro atoms. The van der Waals surface area contributed by atoms with Gasteiger partial charge in [0.15, 0.2) is 0 Å². The van der Waals surface area contributed by atoms with Gasteiger partial charge in [-0.25, -0.2) is 8.42 Å². The molecule has 0 saturated heterocycles. The van der Waals surface area contributed by atoms with Gasteiger partial charge in [-0.05, 0) is 18.6 Å². The molecule has 1 aliphatic heterocycles. The van der Waals surface area contributed by atoms with Crippen LogP contribution in [0.25, 0.3) is 0 Å². The number of fused-ring (bicyclic) bond motifs is 1. The molecule has 3 nitrogen and oxygen atoms in total. The van der Waals surface area contributed by atoms with Gasteiger partial charge in [-0.3, -0.25) is 4.31 Å². The number of sulfonamides is 1. The van der Waals surface area contributed by atoms with Crippen LogP contribution in [0.4, 0.5) is 5.69 Å². The number of benzene rings is 1. The minimum Gasteiger partial charge on any atom is -0.270 e. The molecule has 1 aromatic rings. The highest BCUT2D eigenvalue weighted by Crippen LogP contribution is 2.32. The fourth-order valence-corrected chi connectivity index (χ4v) is 3.33. The van der Waals surface area contributed by atoms with Crippen molar-refractivity contribution in [2.24, 2.45) is 0 Å². The minimum atomic E-state index is -3.06. The van der Waals surface area contributed by atoms with Gasteiger partial charge in [-0.1, -0.05) is 18.2 Å². The first-order valence-electron chi connectivity index (χ1n) is 4.23. The van der Waals surface area contributed by atoms with Crippen molar-refractivity contribution in [3.8, 4) is 0 Å². The van der Waals surface area contributed by atoms with E-state index in [4.69, 9.17) is 0 Å². The molecule has 1 heterocycles. The van der Waals surface area contributed by atoms with E-state index < -0.39 is 10.0 Å². The molecule has 2 rings (SSSR count). The maximum absolute atomic E-state index is 11.6. The average molecular weight is 197 g/mol. The molecule has 0 amide bonds. The van der Waals surface area contributed by atoms with E-state index in [0.717, 1.165) is 11.3 Å². The summed E-state index contributed by atoms with van der Waals surface area (Å²) < 4.78 is 24.6. The molecular formula is C9H11NO2S. The molecule has 0 saturated carbocycles. The van der Waals surface area contributed by atoms with Gasteiger partial charge in [0.05, 0.1) is 11.4 Å². The van der Waals surface area contributed by atoms with E-state index in [1.165, 1.54) is 4.31 Å². The first-order chi connectivity index (χ1) is 6.15. The van der Waals surface area contributed by atoms with Gasteiger partial charge in [0.2, 0.25) is 10.0 Å². The van der Waals surface area contributed by atoms with Crippen molar-refractivity contribution >= 4 is 15.7 Å². The van der Waals surface area contributed by atoms with Crippen LogP contribution in [0.1, 0.15) is 12.5 Å². The molecule has 70 valence electrons. The van der Waals surface area contributed by atoms with Crippen molar-refractivity contribution in [1.82, 2.24) is 0 Å². The van der Waals surface area contributed by atoms with E-state index in [1.54, 1.807) is 0 Å². The quantitative estimate of drug-likeness (QED) is 0.681. The second kappa shape index (κ2) is 2.73. The Balaban J connectivity index is 2.59. The fourth-order valence-electron chi connectivity index (χ4n) is 1.67. The van der Waals surface area contributed by atoms with Crippen LogP contribution in [0.5, 0.6) is 0 Å². The molecule has 13 heavy (non-hydrogen) atoms. The minimum absolute atomic E-state index is 0.150. The Hall–Kier alpha value is -1.03. The number of nitrogens with zero attached hydrogens (tertiary/aromatic N) is 1. The average Bonchev–Trinajstić information content (AvgIpc) is 2.33. The molecule has 0 N–H and O–H groups in total. The van der Waals surface area contributed by atoms with E-state index in [9.17, 15) is 8.42 Å². The lowest BCUT2D eigenvalue weighted by atomic mass is 10.2. The molecule has 0 unspecified atom stereocenters. The van der Waals surface area contributed by atoms with Crippen LogP contribution in [0.2, 0.25) is 0 Å². The van der Waals surface area contributed by atoms with Gasteiger partial charge in [-0.15, -0.1) is 0 Å². The van der Waals surface area contributed by atoms with E-state index in [0.29, 0.717) is 6.54 Å². The van der Waals surface area contributed by atoms with E-state index in [1.807, 2.05) is 31.2 Å². The van der Waals surface area contributed by atoms with Crippen molar-refractivity contribution in [2.75, 3.05) is 10.8 Å².